The Morgan fingerprint density at radius 3 is 2.76 bits per heavy atom. The number of pyridine rings is 1. The third-order valence-corrected chi connectivity index (χ3v) is 2.74. The lowest BCUT2D eigenvalue weighted by Crippen LogP contribution is -2.18. The van der Waals surface area contributed by atoms with Crippen LogP contribution < -0.4 is 5.32 Å². The van der Waals surface area contributed by atoms with E-state index in [4.69, 9.17) is 0 Å². The molecule has 0 spiro atoms. The summed E-state index contributed by atoms with van der Waals surface area (Å²) in [6, 6.07) is 10.9. The molecule has 0 amide bonds. The van der Waals surface area contributed by atoms with Gasteiger partial charge in [0, 0.05) is 30.5 Å². The molecule has 0 unspecified atom stereocenters. The molecule has 0 aliphatic rings. The number of rotatable bonds is 4. The van der Waals surface area contributed by atoms with Gasteiger partial charge in [0.05, 0.1) is 0 Å². The van der Waals surface area contributed by atoms with Gasteiger partial charge >= 0.3 is 0 Å². The van der Waals surface area contributed by atoms with Crippen molar-refractivity contribution < 1.29 is 4.39 Å². The zero-order valence-electron chi connectivity index (χ0n) is 9.73. The molecule has 0 aliphatic heterocycles. The Kier molecular flexibility index (Phi) is 3.83. The highest BCUT2D eigenvalue weighted by atomic mass is 19.1. The van der Waals surface area contributed by atoms with Crippen molar-refractivity contribution in [2.24, 2.45) is 0 Å². The molecule has 2 nitrogen and oxygen atoms in total. The van der Waals surface area contributed by atoms with E-state index in [1.807, 2.05) is 31.3 Å². The number of hydrogen-bond acceptors (Lipinski definition) is 2. The fraction of sp³-hybridized carbons (Fsp3) is 0.214. The average Bonchev–Trinajstić information content (AvgIpc) is 2.38. The Morgan fingerprint density at radius 1 is 1.24 bits per heavy atom. The van der Waals surface area contributed by atoms with Gasteiger partial charge in [-0.25, -0.2) is 4.39 Å². The Morgan fingerprint density at radius 2 is 2.06 bits per heavy atom. The van der Waals surface area contributed by atoms with Gasteiger partial charge in [0.15, 0.2) is 0 Å². The highest BCUT2D eigenvalue weighted by Gasteiger charge is 2.06. The lowest BCUT2D eigenvalue weighted by Gasteiger charge is -2.14. The molecule has 3 heteroatoms. The molecule has 0 saturated heterocycles. The minimum absolute atomic E-state index is 0.156. The molecule has 2 rings (SSSR count). The summed E-state index contributed by atoms with van der Waals surface area (Å²) in [7, 11) is 0. The highest BCUT2D eigenvalue weighted by Crippen LogP contribution is 2.12. The van der Waals surface area contributed by atoms with Crippen molar-refractivity contribution in [3.05, 3.63) is 65.7 Å². The fourth-order valence-corrected chi connectivity index (χ4v) is 1.65. The second-order valence-electron chi connectivity index (χ2n) is 3.98. The van der Waals surface area contributed by atoms with Crippen LogP contribution in [0.1, 0.15) is 24.1 Å². The van der Waals surface area contributed by atoms with Crippen LogP contribution in [-0.2, 0) is 6.54 Å². The van der Waals surface area contributed by atoms with Crippen molar-refractivity contribution in [1.29, 1.82) is 0 Å². The maximum atomic E-state index is 13.4. The van der Waals surface area contributed by atoms with Crippen molar-refractivity contribution >= 4 is 0 Å². The number of nitrogens with zero attached hydrogens (tertiary/aromatic N) is 1. The fourth-order valence-electron chi connectivity index (χ4n) is 1.65. The number of benzene rings is 1. The van der Waals surface area contributed by atoms with Crippen LogP contribution in [0.4, 0.5) is 4.39 Å². The van der Waals surface area contributed by atoms with Crippen LogP contribution in [0.15, 0.2) is 48.8 Å². The van der Waals surface area contributed by atoms with E-state index in [1.165, 1.54) is 6.07 Å². The van der Waals surface area contributed by atoms with Crippen LogP contribution in [0.2, 0.25) is 0 Å². The Labute approximate surface area is 101 Å². The van der Waals surface area contributed by atoms with Crippen LogP contribution in [0.3, 0.4) is 0 Å². The van der Waals surface area contributed by atoms with Gasteiger partial charge in [-0.3, -0.25) is 4.98 Å². The van der Waals surface area contributed by atoms with Gasteiger partial charge in [-0.1, -0.05) is 24.3 Å². The van der Waals surface area contributed by atoms with Gasteiger partial charge in [-0.2, -0.15) is 0 Å². The maximum Gasteiger partial charge on any atom is 0.127 e. The van der Waals surface area contributed by atoms with Crippen LogP contribution in [0.5, 0.6) is 0 Å². The summed E-state index contributed by atoms with van der Waals surface area (Å²) in [6.07, 6.45) is 3.56. The number of nitrogens with one attached hydrogen (secondary N) is 1. The zero-order valence-corrected chi connectivity index (χ0v) is 9.73. The molecule has 1 atom stereocenters. The SMILES string of the molecule is C[C@@H](NCc1ccccc1F)c1cccnc1. The first-order valence-electron chi connectivity index (χ1n) is 5.64. The summed E-state index contributed by atoms with van der Waals surface area (Å²) in [6.45, 7) is 2.56. The van der Waals surface area contributed by atoms with Gasteiger partial charge in [0.1, 0.15) is 5.82 Å². The summed E-state index contributed by atoms with van der Waals surface area (Å²) < 4.78 is 13.4. The van der Waals surface area contributed by atoms with E-state index in [1.54, 1.807) is 18.3 Å². The lowest BCUT2D eigenvalue weighted by atomic mass is 10.1. The van der Waals surface area contributed by atoms with E-state index in [0.29, 0.717) is 12.1 Å². The molecule has 2 aromatic rings. The molecule has 0 fully saturated rings. The number of halogens is 1. The van der Waals surface area contributed by atoms with E-state index in [-0.39, 0.29) is 11.9 Å². The topological polar surface area (TPSA) is 24.9 Å². The van der Waals surface area contributed by atoms with Crippen LogP contribution in [-0.4, -0.2) is 4.98 Å². The second kappa shape index (κ2) is 5.55. The van der Waals surface area contributed by atoms with Gasteiger partial charge in [-0.15, -0.1) is 0 Å². The molecule has 0 radical (unpaired) electrons. The third-order valence-electron chi connectivity index (χ3n) is 2.74. The number of hydrogen-bond donors (Lipinski definition) is 1. The van der Waals surface area contributed by atoms with E-state index in [0.717, 1.165) is 5.56 Å². The summed E-state index contributed by atoms with van der Waals surface area (Å²) in [5.74, 6) is -0.168. The summed E-state index contributed by atoms with van der Waals surface area (Å²) in [5.41, 5.74) is 1.78. The summed E-state index contributed by atoms with van der Waals surface area (Å²) in [5, 5.41) is 3.28. The molecule has 17 heavy (non-hydrogen) atoms. The highest BCUT2D eigenvalue weighted by molar-refractivity contribution is 5.18. The summed E-state index contributed by atoms with van der Waals surface area (Å²) in [4.78, 5) is 4.06. The number of aromatic nitrogens is 1. The molecule has 0 aliphatic carbocycles. The van der Waals surface area contributed by atoms with Gasteiger partial charge < -0.3 is 5.32 Å². The molecule has 88 valence electrons. The first-order chi connectivity index (χ1) is 8.27. The van der Waals surface area contributed by atoms with E-state index < -0.39 is 0 Å². The van der Waals surface area contributed by atoms with Crippen LogP contribution >= 0.6 is 0 Å². The molecule has 1 N–H and O–H groups in total. The van der Waals surface area contributed by atoms with Crippen molar-refractivity contribution in [3.8, 4) is 0 Å². The normalized spacial score (nSPS) is 12.4. The van der Waals surface area contributed by atoms with Crippen molar-refractivity contribution in [2.75, 3.05) is 0 Å². The van der Waals surface area contributed by atoms with E-state index >= 15 is 0 Å². The Balaban J connectivity index is 1.97. The predicted molar refractivity (Wildman–Crippen MR) is 65.9 cm³/mol. The average molecular weight is 230 g/mol. The molecule has 0 bridgehead atoms. The standard InChI is InChI=1S/C14H15FN2/c1-11(12-6-4-8-16-9-12)17-10-13-5-2-3-7-14(13)15/h2-9,11,17H,10H2,1H3/t11-/m1/s1. The first-order valence-corrected chi connectivity index (χ1v) is 5.64. The van der Waals surface area contributed by atoms with Crippen molar-refractivity contribution in [1.82, 2.24) is 10.3 Å². The van der Waals surface area contributed by atoms with Crippen LogP contribution in [0.25, 0.3) is 0 Å². The lowest BCUT2D eigenvalue weighted by molar-refractivity contribution is 0.543. The van der Waals surface area contributed by atoms with Gasteiger partial charge in [-0.05, 0) is 24.6 Å². The largest absolute Gasteiger partial charge is 0.306 e. The second-order valence-corrected chi connectivity index (χ2v) is 3.98. The quantitative estimate of drug-likeness (QED) is 0.873. The third kappa shape index (κ3) is 3.11. The van der Waals surface area contributed by atoms with Gasteiger partial charge in [0.2, 0.25) is 0 Å². The molecule has 1 heterocycles. The summed E-state index contributed by atoms with van der Waals surface area (Å²) >= 11 is 0. The Bertz CT molecular complexity index is 471. The molecular formula is C14H15FN2. The maximum absolute atomic E-state index is 13.4. The predicted octanol–water partition coefficient (Wildman–Crippen LogP) is 3.07. The minimum atomic E-state index is -0.168. The smallest absolute Gasteiger partial charge is 0.127 e. The van der Waals surface area contributed by atoms with E-state index in [9.17, 15) is 4.39 Å². The van der Waals surface area contributed by atoms with E-state index in [2.05, 4.69) is 10.3 Å². The van der Waals surface area contributed by atoms with Crippen LogP contribution in [0, 0.1) is 5.82 Å². The Hall–Kier alpha value is -1.74. The zero-order chi connectivity index (χ0) is 12.1. The molecule has 1 aromatic carbocycles. The molecule has 0 saturated carbocycles. The molecular weight excluding hydrogens is 215 g/mol. The minimum Gasteiger partial charge on any atom is -0.306 e. The monoisotopic (exact) mass is 230 g/mol. The van der Waals surface area contributed by atoms with Crippen molar-refractivity contribution in [3.63, 3.8) is 0 Å². The van der Waals surface area contributed by atoms with Crippen molar-refractivity contribution in [2.45, 2.75) is 19.5 Å². The molecule has 1 aromatic heterocycles. The first kappa shape index (κ1) is 11.7. The van der Waals surface area contributed by atoms with Gasteiger partial charge in [0.25, 0.3) is 0 Å².